The van der Waals surface area contributed by atoms with Gasteiger partial charge in [0.1, 0.15) is 11.4 Å². The van der Waals surface area contributed by atoms with E-state index in [0.717, 1.165) is 5.69 Å². The molecular weight excluding hydrogens is 316 g/mol. The summed E-state index contributed by atoms with van der Waals surface area (Å²) < 4.78 is 10.1. The number of esters is 1. The molecule has 0 aliphatic heterocycles. The molecule has 0 radical (unpaired) electrons. The molecule has 0 amide bonds. The van der Waals surface area contributed by atoms with Crippen LogP contribution in [0.15, 0.2) is 30.3 Å². The molecule has 0 saturated carbocycles. The Morgan fingerprint density at radius 1 is 1.22 bits per heavy atom. The van der Waals surface area contributed by atoms with Crippen LogP contribution in [0.4, 0.5) is 11.5 Å². The smallest absolute Gasteiger partial charge is 0.341 e. The van der Waals surface area contributed by atoms with Crippen molar-refractivity contribution < 1.29 is 14.3 Å². The lowest BCUT2D eigenvalue weighted by molar-refractivity contribution is 0.0601. The summed E-state index contributed by atoms with van der Waals surface area (Å²) in [4.78, 5) is 16.5. The number of aromatic nitrogens is 1. The van der Waals surface area contributed by atoms with E-state index in [1.54, 1.807) is 24.3 Å². The number of para-hydroxylation sites is 1. The number of nitrogens with one attached hydrogen (secondary N) is 1. The molecule has 2 aromatic rings. The predicted molar refractivity (Wildman–Crippen MR) is 91.0 cm³/mol. The average Bonchev–Trinajstić information content (AvgIpc) is 2.54. The standard InChI is InChI=1S/C17H19ClN2O3/c1-10(2)13-9-8-11(17(21)23-4)16(19-13)20-14-7-5-6-12(18)15(14)22-3/h5-10H,1-4H3,(H,19,20). The summed E-state index contributed by atoms with van der Waals surface area (Å²) in [6, 6.07) is 8.84. The van der Waals surface area contributed by atoms with Crippen LogP contribution in [0.25, 0.3) is 0 Å². The van der Waals surface area contributed by atoms with Gasteiger partial charge in [0.05, 0.1) is 24.9 Å². The highest BCUT2D eigenvalue weighted by Crippen LogP contribution is 2.35. The van der Waals surface area contributed by atoms with Crippen molar-refractivity contribution in [3.63, 3.8) is 0 Å². The first kappa shape index (κ1) is 17.1. The third-order valence-corrected chi connectivity index (χ3v) is 3.64. The van der Waals surface area contributed by atoms with Crippen LogP contribution in [0.1, 0.15) is 35.8 Å². The summed E-state index contributed by atoms with van der Waals surface area (Å²) >= 11 is 6.13. The van der Waals surface area contributed by atoms with Gasteiger partial charge in [-0.2, -0.15) is 0 Å². The van der Waals surface area contributed by atoms with Crippen molar-refractivity contribution in [3.05, 3.63) is 46.6 Å². The summed E-state index contributed by atoms with van der Waals surface area (Å²) in [5, 5.41) is 3.59. The first-order chi connectivity index (χ1) is 11.0. The quantitative estimate of drug-likeness (QED) is 0.821. The van der Waals surface area contributed by atoms with Crippen molar-refractivity contribution in [1.29, 1.82) is 0 Å². The highest BCUT2D eigenvalue weighted by molar-refractivity contribution is 6.32. The normalized spacial score (nSPS) is 10.5. The SMILES string of the molecule is COC(=O)c1ccc(C(C)C)nc1Nc1cccc(Cl)c1OC. The number of hydrogen-bond donors (Lipinski definition) is 1. The minimum Gasteiger partial charge on any atom is -0.493 e. The summed E-state index contributed by atoms with van der Waals surface area (Å²) in [5.74, 6) is 0.658. The highest BCUT2D eigenvalue weighted by Gasteiger charge is 2.17. The van der Waals surface area contributed by atoms with E-state index in [9.17, 15) is 4.79 Å². The van der Waals surface area contributed by atoms with Crippen LogP contribution in [0.5, 0.6) is 5.75 Å². The third kappa shape index (κ3) is 3.74. The molecule has 0 fully saturated rings. The maximum atomic E-state index is 12.0. The number of ether oxygens (including phenoxy) is 2. The molecule has 0 unspecified atom stereocenters. The number of methoxy groups -OCH3 is 2. The van der Waals surface area contributed by atoms with E-state index in [1.165, 1.54) is 14.2 Å². The van der Waals surface area contributed by atoms with Gasteiger partial charge in [0.25, 0.3) is 0 Å². The van der Waals surface area contributed by atoms with Crippen LogP contribution in [-0.4, -0.2) is 25.2 Å². The molecule has 2 rings (SSSR count). The monoisotopic (exact) mass is 334 g/mol. The zero-order chi connectivity index (χ0) is 17.0. The Kier molecular flexibility index (Phi) is 5.45. The fourth-order valence-corrected chi connectivity index (χ4v) is 2.36. The lowest BCUT2D eigenvalue weighted by Crippen LogP contribution is -2.09. The van der Waals surface area contributed by atoms with Crippen molar-refractivity contribution in [1.82, 2.24) is 4.98 Å². The molecule has 1 aromatic carbocycles. The molecule has 1 N–H and O–H groups in total. The Bertz CT molecular complexity index is 717. The minimum atomic E-state index is -0.462. The number of anilines is 2. The van der Waals surface area contributed by atoms with Crippen molar-refractivity contribution in [2.24, 2.45) is 0 Å². The first-order valence-corrected chi connectivity index (χ1v) is 7.54. The van der Waals surface area contributed by atoms with E-state index in [1.807, 2.05) is 19.9 Å². The number of pyridine rings is 1. The molecule has 1 aromatic heterocycles. The number of carbonyl (C=O) groups is 1. The van der Waals surface area contributed by atoms with Crippen LogP contribution in [0.2, 0.25) is 5.02 Å². The Hall–Kier alpha value is -2.27. The second-order valence-electron chi connectivity index (χ2n) is 5.22. The van der Waals surface area contributed by atoms with E-state index < -0.39 is 5.97 Å². The molecule has 0 atom stereocenters. The van der Waals surface area contributed by atoms with Crippen molar-refractivity contribution in [2.45, 2.75) is 19.8 Å². The zero-order valence-electron chi connectivity index (χ0n) is 13.5. The van der Waals surface area contributed by atoms with Crippen LogP contribution < -0.4 is 10.1 Å². The molecule has 6 heteroatoms. The molecule has 5 nitrogen and oxygen atoms in total. The van der Waals surface area contributed by atoms with E-state index in [-0.39, 0.29) is 5.92 Å². The van der Waals surface area contributed by atoms with E-state index >= 15 is 0 Å². The summed E-state index contributed by atoms with van der Waals surface area (Å²) in [6.07, 6.45) is 0. The Labute approximate surface area is 140 Å². The molecule has 0 aliphatic rings. The van der Waals surface area contributed by atoms with Crippen molar-refractivity contribution in [2.75, 3.05) is 19.5 Å². The maximum Gasteiger partial charge on any atom is 0.341 e. The molecule has 0 aliphatic carbocycles. The van der Waals surface area contributed by atoms with E-state index in [0.29, 0.717) is 27.8 Å². The Morgan fingerprint density at radius 2 is 1.96 bits per heavy atom. The average molecular weight is 335 g/mol. The minimum absolute atomic E-state index is 0.225. The van der Waals surface area contributed by atoms with Gasteiger partial charge in [-0.15, -0.1) is 0 Å². The van der Waals surface area contributed by atoms with Crippen LogP contribution in [0, 0.1) is 0 Å². The largest absolute Gasteiger partial charge is 0.493 e. The molecule has 0 spiro atoms. The van der Waals surface area contributed by atoms with Crippen LogP contribution >= 0.6 is 11.6 Å². The van der Waals surface area contributed by atoms with Gasteiger partial charge in [-0.1, -0.05) is 31.5 Å². The van der Waals surface area contributed by atoms with Gasteiger partial charge >= 0.3 is 5.97 Å². The number of hydrogen-bond acceptors (Lipinski definition) is 5. The lowest BCUT2D eigenvalue weighted by Gasteiger charge is -2.15. The summed E-state index contributed by atoms with van der Waals surface area (Å²) in [5.41, 5.74) is 1.83. The van der Waals surface area contributed by atoms with Crippen molar-refractivity contribution in [3.8, 4) is 5.75 Å². The van der Waals surface area contributed by atoms with Gasteiger partial charge in [-0.05, 0) is 30.2 Å². The fraction of sp³-hybridized carbons (Fsp3) is 0.294. The first-order valence-electron chi connectivity index (χ1n) is 7.16. The third-order valence-electron chi connectivity index (χ3n) is 3.34. The van der Waals surface area contributed by atoms with Gasteiger partial charge in [0.15, 0.2) is 5.75 Å². The zero-order valence-corrected chi connectivity index (χ0v) is 14.3. The fourth-order valence-electron chi connectivity index (χ4n) is 2.11. The molecule has 1 heterocycles. The van der Waals surface area contributed by atoms with E-state index in [4.69, 9.17) is 21.1 Å². The number of nitrogens with zero attached hydrogens (tertiary/aromatic N) is 1. The molecule has 0 saturated heterocycles. The molecular formula is C17H19ClN2O3. The maximum absolute atomic E-state index is 12.0. The Balaban J connectivity index is 2.51. The van der Waals surface area contributed by atoms with Crippen LogP contribution in [-0.2, 0) is 4.74 Å². The number of benzene rings is 1. The highest BCUT2D eigenvalue weighted by atomic mass is 35.5. The Morgan fingerprint density at radius 3 is 2.57 bits per heavy atom. The van der Waals surface area contributed by atoms with Crippen LogP contribution in [0.3, 0.4) is 0 Å². The topological polar surface area (TPSA) is 60.5 Å². The molecule has 0 bridgehead atoms. The van der Waals surface area contributed by atoms with Crippen molar-refractivity contribution >= 4 is 29.1 Å². The number of rotatable bonds is 5. The molecule has 23 heavy (non-hydrogen) atoms. The van der Waals surface area contributed by atoms with Gasteiger partial charge in [-0.25, -0.2) is 9.78 Å². The second-order valence-corrected chi connectivity index (χ2v) is 5.63. The van der Waals surface area contributed by atoms with Gasteiger partial charge in [0, 0.05) is 5.69 Å². The lowest BCUT2D eigenvalue weighted by atomic mass is 10.1. The predicted octanol–water partition coefficient (Wildman–Crippen LogP) is 4.40. The summed E-state index contributed by atoms with van der Waals surface area (Å²) in [6.45, 7) is 4.06. The van der Waals surface area contributed by atoms with Gasteiger partial charge < -0.3 is 14.8 Å². The molecule has 122 valence electrons. The summed E-state index contributed by atoms with van der Waals surface area (Å²) in [7, 11) is 2.87. The van der Waals surface area contributed by atoms with Gasteiger partial charge in [-0.3, -0.25) is 0 Å². The number of carbonyl (C=O) groups excluding carboxylic acids is 1. The number of halogens is 1. The van der Waals surface area contributed by atoms with Gasteiger partial charge in [0.2, 0.25) is 0 Å². The van der Waals surface area contributed by atoms with E-state index in [2.05, 4.69) is 10.3 Å². The second kappa shape index (κ2) is 7.33.